The summed E-state index contributed by atoms with van der Waals surface area (Å²) in [6, 6.07) is 16.0. The SMILES string of the molecule is Cl.O=C(Nc1ccc(Cl)cc1)O[C@@H](C(=O)N1CCC(C2CCNCC2)CC1)c1ccccc1. The molecule has 2 aromatic rings. The molecule has 2 aromatic carbocycles. The van der Waals surface area contributed by atoms with Crippen molar-refractivity contribution in [2.45, 2.75) is 31.8 Å². The normalized spacial score (nSPS) is 18.2. The zero-order chi connectivity index (χ0) is 22.3. The fourth-order valence-corrected chi connectivity index (χ4v) is 4.88. The number of rotatable bonds is 5. The van der Waals surface area contributed by atoms with Gasteiger partial charge in [-0.3, -0.25) is 10.1 Å². The van der Waals surface area contributed by atoms with Gasteiger partial charge in [0.1, 0.15) is 0 Å². The van der Waals surface area contributed by atoms with Crippen molar-refractivity contribution in [1.29, 1.82) is 0 Å². The van der Waals surface area contributed by atoms with Crippen molar-refractivity contribution < 1.29 is 14.3 Å². The molecular weight excluding hydrogens is 461 g/mol. The predicted octanol–water partition coefficient (Wildman–Crippen LogP) is 5.29. The highest BCUT2D eigenvalue weighted by molar-refractivity contribution is 6.30. The van der Waals surface area contributed by atoms with E-state index >= 15 is 0 Å². The lowest BCUT2D eigenvalue weighted by Crippen LogP contribution is -2.44. The van der Waals surface area contributed by atoms with Crippen LogP contribution in [0.5, 0.6) is 0 Å². The van der Waals surface area contributed by atoms with Gasteiger partial charge in [-0.25, -0.2) is 4.79 Å². The summed E-state index contributed by atoms with van der Waals surface area (Å²) < 4.78 is 5.65. The van der Waals surface area contributed by atoms with Crippen molar-refractivity contribution in [2.24, 2.45) is 11.8 Å². The van der Waals surface area contributed by atoms with Gasteiger partial charge in [0.2, 0.25) is 6.10 Å². The first-order valence-electron chi connectivity index (χ1n) is 11.4. The van der Waals surface area contributed by atoms with Crippen molar-refractivity contribution in [2.75, 3.05) is 31.5 Å². The Morgan fingerprint density at radius 3 is 2.18 bits per heavy atom. The van der Waals surface area contributed by atoms with E-state index in [4.69, 9.17) is 16.3 Å². The Balaban J connectivity index is 0.00000306. The molecule has 2 saturated heterocycles. The van der Waals surface area contributed by atoms with Crippen LogP contribution in [0.4, 0.5) is 10.5 Å². The highest BCUT2D eigenvalue weighted by Crippen LogP contribution is 2.32. The Kier molecular flexibility index (Phi) is 9.41. The number of hydrogen-bond acceptors (Lipinski definition) is 4. The van der Waals surface area contributed by atoms with Gasteiger partial charge in [0.05, 0.1) is 0 Å². The maximum absolute atomic E-state index is 13.4. The molecule has 0 bridgehead atoms. The number of ether oxygens (including phenoxy) is 1. The van der Waals surface area contributed by atoms with Gasteiger partial charge in [0.15, 0.2) is 0 Å². The summed E-state index contributed by atoms with van der Waals surface area (Å²) in [4.78, 5) is 27.8. The van der Waals surface area contributed by atoms with E-state index in [-0.39, 0.29) is 18.3 Å². The number of halogens is 2. The zero-order valence-corrected chi connectivity index (χ0v) is 20.1. The highest BCUT2D eigenvalue weighted by Gasteiger charge is 2.34. The van der Waals surface area contributed by atoms with Gasteiger partial charge in [-0.15, -0.1) is 12.4 Å². The molecule has 33 heavy (non-hydrogen) atoms. The van der Waals surface area contributed by atoms with E-state index in [1.54, 1.807) is 24.3 Å². The molecule has 0 unspecified atom stereocenters. The van der Waals surface area contributed by atoms with Crippen molar-refractivity contribution >= 4 is 41.7 Å². The van der Waals surface area contributed by atoms with E-state index in [1.807, 2.05) is 35.2 Å². The second-order valence-corrected chi connectivity index (χ2v) is 9.01. The molecule has 1 atom stereocenters. The third-order valence-corrected chi connectivity index (χ3v) is 6.80. The molecule has 4 rings (SSSR count). The van der Waals surface area contributed by atoms with E-state index in [0.717, 1.165) is 31.8 Å². The van der Waals surface area contributed by atoms with Crippen LogP contribution >= 0.6 is 24.0 Å². The average Bonchev–Trinajstić information content (AvgIpc) is 2.85. The molecule has 0 aromatic heterocycles. The number of nitrogens with one attached hydrogen (secondary N) is 2. The van der Waals surface area contributed by atoms with Crippen LogP contribution in [0, 0.1) is 11.8 Å². The molecule has 0 spiro atoms. The minimum atomic E-state index is -0.973. The van der Waals surface area contributed by atoms with Crippen LogP contribution in [0.25, 0.3) is 0 Å². The summed E-state index contributed by atoms with van der Waals surface area (Å²) in [5.74, 6) is 1.26. The van der Waals surface area contributed by atoms with E-state index in [0.29, 0.717) is 35.3 Å². The second-order valence-electron chi connectivity index (χ2n) is 8.58. The van der Waals surface area contributed by atoms with Crippen molar-refractivity contribution in [3.63, 3.8) is 0 Å². The van der Waals surface area contributed by atoms with Crippen molar-refractivity contribution in [1.82, 2.24) is 10.2 Å². The first kappa shape index (κ1) is 25.3. The Bertz CT molecular complexity index is 897. The standard InChI is InChI=1S/C25H30ClN3O3.ClH/c26-21-6-8-22(9-7-21)28-25(31)32-23(20-4-2-1-3-5-20)24(30)29-16-12-19(13-17-29)18-10-14-27-15-11-18;/h1-9,18-19,23,27H,10-17H2,(H,28,31);1H/t23-;/m1./s1. The summed E-state index contributed by atoms with van der Waals surface area (Å²) in [6.45, 7) is 3.60. The van der Waals surface area contributed by atoms with E-state index in [1.165, 1.54) is 12.8 Å². The first-order chi connectivity index (χ1) is 15.6. The Morgan fingerprint density at radius 2 is 1.55 bits per heavy atom. The summed E-state index contributed by atoms with van der Waals surface area (Å²) in [7, 11) is 0. The van der Waals surface area contributed by atoms with Crippen LogP contribution in [0.2, 0.25) is 5.02 Å². The van der Waals surface area contributed by atoms with Gasteiger partial charge in [0, 0.05) is 29.4 Å². The van der Waals surface area contributed by atoms with Crippen LogP contribution in [0.3, 0.4) is 0 Å². The fraction of sp³-hybridized carbons (Fsp3) is 0.440. The number of carbonyl (C=O) groups is 2. The van der Waals surface area contributed by atoms with E-state index in [9.17, 15) is 9.59 Å². The molecule has 2 heterocycles. The maximum atomic E-state index is 13.4. The first-order valence-corrected chi connectivity index (χ1v) is 11.8. The van der Waals surface area contributed by atoms with Gasteiger partial charge < -0.3 is 15.0 Å². The Labute approximate surface area is 206 Å². The number of anilines is 1. The Morgan fingerprint density at radius 1 is 0.939 bits per heavy atom. The largest absolute Gasteiger partial charge is 0.431 e. The quantitative estimate of drug-likeness (QED) is 0.595. The zero-order valence-electron chi connectivity index (χ0n) is 18.5. The van der Waals surface area contributed by atoms with Crippen molar-refractivity contribution in [3.8, 4) is 0 Å². The minimum absolute atomic E-state index is 0. The number of nitrogens with zero attached hydrogens (tertiary/aromatic N) is 1. The topological polar surface area (TPSA) is 70.7 Å². The number of amides is 2. The highest BCUT2D eigenvalue weighted by atomic mass is 35.5. The third-order valence-electron chi connectivity index (χ3n) is 6.54. The lowest BCUT2D eigenvalue weighted by atomic mass is 9.79. The van der Waals surface area contributed by atoms with Gasteiger partial charge in [0.25, 0.3) is 5.91 Å². The molecule has 2 amide bonds. The molecule has 2 aliphatic heterocycles. The lowest BCUT2D eigenvalue weighted by molar-refractivity contribution is -0.142. The predicted molar refractivity (Wildman–Crippen MR) is 133 cm³/mol. The molecule has 0 aliphatic carbocycles. The van der Waals surface area contributed by atoms with Crippen LogP contribution in [0.15, 0.2) is 54.6 Å². The monoisotopic (exact) mass is 491 g/mol. The van der Waals surface area contributed by atoms with Crippen LogP contribution in [0.1, 0.15) is 37.4 Å². The van der Waals surface area contributed by atoms with Gasteiger partial charge >= 0.3 is 6.09 Å². The smallest absolute Gasteiger partial charge is 0.412 e. The minimum Gasteiger partial charge on any atom is -0.431 e. The van der Waals surface area contributed by atoms with Gasteiger partial charge in [-0.2, -0.15) is 0 Å². The van der Waals surface area contributed by atoms with E-state index in [2.05, 4.69) is 10.6 Å². The molecule has 2 fully saturated rings. The summed E-state index contributed by atoms with van der Waals surface area (Å²) in [6.07, 6.45) is 2.82. The average molecular weight is 492 g/mol. The number of piperidine rings is 2. The molecule has 2 aliphatic rings. The van der Waals surface area contributed by atoms with Crippen LogP contribution in [-0.2, 0) is 9.53 Å². The molecule has 178 valence electrons. The Hall–Kier alpha value is -2.28. The molecule has 0 saturated carbocycles. The number of benzene rings is 2. The molecule has 8 heteroatoms. The van der Waals surface area contributed by atoms with Crippen LogP contribution < -0.4 is 10.6 Å². The second kappa shape index (κ2) is 12.3. The van der Waals surface area contributed by atoms with Gasteiger partial charge in [-0.1, -0.05) is 41.9 Å². The number of hydrogen-bond donors (Lipinski definition) is 2. The maximum Gasteiger partial charge on any atom is 0.412 e. The molecular formula is C25H31Cl2N3O3. The fourth-order valence-electron chi connectivity index (χ4n) is 4.75. The summed E-state index contributed by atoms with van der Waals surface area (Å²) >= 11 is 5.90. The van der Waals surface area contributed by atoms with Gasteiger partial charge in [-0.05, 0) is 74.9 Å². The lowest BCUT2D eigenvalue weighted by Gasteiger charge is -2.38. The molecule has 2 N–H and O–H groups in total. The number of likely N-dealkylation sites (tertiary alicyclic amines) is 1. The number of carbonyl (C=O) groups excluding carboxylic acids is 2. The summed E-state index contributed by atoms with van der Waals surface area (Å²) in [5, 5.41) is 6.69. The molecule has 0 radical (unpaired) electrons. The summed E-state index contributed by atoms with van der Waals surface area (Å²) in [5.41, 5.74) is 1.23. The third kappa shape index (κ3) is 6.85. The molecule has 6 nitrogen and oxygen atoms in total. The van der Waals surface area contributed by atoms with E-state index < -0.39 is 12.2 Å². The van der Waals surface area contributed by atoms with Crippen LogP contribution in [-0.4, -0.2) is 43.1 Å². The van der Waals surface area contributed by atoms with Crippen molar-refractivity contribution in [3.05, 3.63) is 65.2 Å².